The molecule has 0 unspecified atom stereocenters. The van der Waals surface area contributed by atoms with Gasteiger partial charge in [0.2, 0.25) is 16.0 Å². The molecule has 4 rings (SSSR count). The number of hydrogen-bond donors (Lipinski definition) is 2. The van der Waals surface area contributed by atoms with Gasteiger partial charge in [-0.2, -0.15) is 4.98 Å². The molecule has 0 bridgehead atoms. The average molecular weight is 559 g/mol. The molecule has 2 N–H and O–H groups in total. The van der Waals surface area contributed by atoms with Crippen LogP contribution in [0.2, 0.25) is 5.02 Å². The number of nitrogens with one attached hydrogen (secondary N) is 2. The maximum Gasteiger partial charge on any atom is 0.244 e. The normalized spacial score (nSPS) is 15.2. The maximum absolute atomic E-state index is 12.8. The Bertz CT molecular complexity index is 1370. The van der Waals surface area contributed by atoms with Crippen LogP contribution in [-0.2, 0) is 10.0 Å². The topological polar surface area (TPSA) is 99.7 Å². The minimum Gasteiger partial charge on any atom is -0.489 e. The molecule has 9 nitrogen and oxygen atoms in total. The SMILES string of the molecule is CC(C)Oc1cc(C2CCN(C)CC2)ccc1Nc1ncc(Cl)c(Nc2ccccc2S(=O)(=O)N(C)C)n1. The van der Waals surface area contributed by atoms with Crippen molar-refractivity contribution in [3.8, 4) is 5.75 Å². The molecule has 1 saturated heterocycles. The first-order chi connectivity index (χ1) is 18.0. The molecule has 1 aliphatic heterocycles. The third kappa shape index (κ3) is 6.55. The van der Waals surface area contributed by atoms with E-state index < -0.39 is 10.0 Å². The van der Waals surface area contributed by atoms with Crippen molar-refractivity contribution >= 4 is 44.8 Å². The fraction of sp³-hybridized carbons (Fsp3) is 0.407. The minimum absolute atomic E-state index is 0.0122. The number of benzene rings is 2. The number of aromatic nitrogens is 2. The lowest BCUT2D eigenvalue weighted by Gasteiger charge is -2.29. The van der Waals surface area contributed by atoms with Crippen molar-refractivity contribution in [1.82, 2.24) is 19.2 Å². The summed E-state index contributed by atoms with van der Waals surface area (Å²) < 4.78 is 32.9. The van der Waals surface area contributed by atoms with Crippen molar-refractivity contribution in [2.45, 2.75) is 43.6 Å². The Labute approximate surface area is 230 Å². The summed E-state index contributed by atoms with van der Waals surface area (Å²) in [4.78, 5) is 11.3. The van der Waals surface area contributed by atoms with Gasteiger partial charge < -0.3 is 20.3 Å². The Morgan fingerprint density at radius 2 is 1.79 bits per heavy atom. The zero-order valence-electron chi connectivity index (χ0n) is 22.4. The molecule has 11 heteroatoms. The molecule has 1 aromatic heterocycles. The monoisotopic (exact) mass is 558 g/mol. The van der Waals surface area contributed by atoms with E-state index in [0.717, 1.165) is 41.7 Å². The zero-order chi connectivity index (χ0) is 27.4. The van der Waals surface area contributed by atoms with Crippen molar-refractivity contribution < 1.29 is 13.2 Å². The van der Waals surface area contributed by atoms with Gasteiger partial charge in [0.1, 0.15) is 15.7 Å². The highest BCUT2D eigenvalue weighted by Gasteiger charge is 2.23. The Balaban J connectivity index is 1.61. The van der Waals surface area contributed by atoms with Gasteiger partial charge in [0, 0.05) is 14.1 Å². The number of hydrogen-bond acceptors (Lipinski definition) is 8. The summed E-state index contributed by atoms with van der Waals surface area (Å²) in [6.07, 6.45) is 3.69. The first-order valence-corrected chi connectivity index (χ1v) is 14.4. The van der Waals surface area contributed by atoms with E-state index in [0.29, 0.717) is 17.6 Å². The number of para-hydroxylation sites is 1. The molecule has 38 heavy (non-hydrogen) atoms. The van der Waals surface area contributed by atoms with Gasteiger partial charge in [-0.25, -0.2) is 17.7 Å². The number of nitrogens with zero attached hydrogens (tertiary/aromatic N) is 4. The van der Waals surface area contributed by atoms with Gasteiger partial charge in [0.15, 0.2) is 5.82 Å². The van der Waals surface area contributed by atoms with Crippen LogP contribution in [0.3, 0.4) is 0 Å². The van der Waals surface area contributed by atoms with Crippen molar-refractivity contribution in [1.29, 1.82) is 0 Å². The molecule has 0 radical (unpaired) electrons. The Morgan fingerprint density at radius 1 is 1.08 bits per heavy atom. The molecule has 204 valence electrons. The molecule has 1 aliphatic rings. The number of likely N-dealkylation sites (tertiary alicyclic amines) is 1. The number of rotatable bonds is 9. The predicted molar refractivity (Wildman–Crippen MR) is 153 cm³/mol. The van der Waals surface area contributed by atoms with E-state index in [1.165, 1.54) is 31.9 Å². The highest BCUT2D eigenvalue weighted by Crippen LogP contribution is 2.36. The Hall–Kier alpha value is -2.92. The van der Waals surface area contributed by atoms with Crippen molar-refractivity contribution in [3.63, 3.8) is 0 Å². The number of anilines is 4. The van der Waals surface area contributed by atoms with E-state index >= 15 is 0 Å². The first kappa shape index (κ1) is 28.1. The van der Waals surface area contributed by atoms with Gasteiger partial charge in [-0.05, 0) is 82.6 Å². The van der Waals surface area contributed by atoms with E-state index in [1.807, 2.05) is 19.9 Å². The third-order valence-electron chi connectivity index (χ3n) is 6.45. The van der Waals surface area contributed by atoms with Gasteiger partial charge in [0.25, 0.3) is 0 Å². The average Bonchev–Trinajstić information content (AvgIpc) is 2.87. The fourth-order valence-electron chi connectivity index (χ4n) is 4.34. The van der Waals surface area contributed by atoms with E-state index in [-0.39, 0.29) is 21.8 Å². The summed E-state index contributed by atoms with van der Waals surface area (Å²) in [5, 5.41) is 6.57. The molecular weight excluding hydrogens is 524 g/mol. The van der Waals surface area contributed by atoms with E-state index in [1.54, 1.807) is 18.2 Å². The summed E-state index contributed by atoms with van der Waals surface area (Å²) in [6.45, 7) is 6.15. The van der Waals surface area contributed by atoms with Crippen molar-refractivity contribution in [2.24, 2.45) is 0 Å². The van der Waals surface area contributed by atoms with E-state index in [9.17, 15) is 8.42 Å². The van der Waals surface area contributed by atoms with Crippen LogP contribution in [0.5, 0.6) is 5.75 Å². The van der Waals surface area contributed by atoms with Crippen molar-refractivity contribution in [3.05, 3.63) is 59.2 Å². The molecule has 0 atom stereocenters. The van der Waals surface area contributed by atoms with Gasteiger partial charge in [0.05, 0.1) is 23.7 Å². The van der Waals surface area contributed by atoms with Crippen LogP contribution in [-0.4, -0.2) is 67.9 Å². The Morgan fingerprint density at radius 3 is 2.47 bits per heavy atom. The summed E-state index contributed by atoms with van der Waals surface area (Å²) in [7, 11) is 1.45. The van der Waals surface area contributed by atoms with Crippen LogP contribution in [0.4, 0.5) is 23.1 Å². The lowest BCUT2D eigenvalue weighted by Crippen LogP contribution is -2.29. The lowest BCUT2D eigenvalue weighted by molar-refractivity contribution is 0.241. The maximum atomic E-state index is 12.8. The highest BCUT2D eigenvalue weighted by molar-refractivity contribution is 7.89. The summed E-state index contributed by atoms with van der Waals surface area (Å²) >= 11 is 6.39. The van der Waals surface area contributed by atoms with Crippen LogP contribution in [0, 0.1) is 0 Å². The second-order valence-electron chi connectivity index (χ2n) is 9.92. The number of sulfonamides is 1. The van der Waals surface area contributed by atoms with E-state index in [4.69, 9.17) is 16.3 Å². The smallest absolute Gasteiger partial charge is 0.244 e. The van der Waals surface area contributed by atoms with E-state index in [2.05, 4.69) is 44.7 Å². The van der Waals surface area contributed by atoms with Crippen LogP contribution >= 0.6 is 11.6 Å². The molecular formula is C27H35ClN6O3S. The molecule has 1 fully saturated rings. The van der Waals surface area contributed by atoms with Gasteiger partial charge in [-0.1, -0.05) is 29.8 Å². The van der Waals surface area contributed by atoms with Crippen LogP contribution in [0.15, 0.2) is 53.6 Å². The quantitative estimate of drug-likeness (QED) is 0.357. The summed E-state index contributed by atoms with van der Waals surface area (Å²) in [5.74, 6) is 1.80. The molecule has 0 saturated carbocycles. The molecule has 2 aromatic carbocycles. The molecule has 0 amide bonds. The van der Waals surface area contributed by atoms with Gasteiger partial charge >= 0.3 is 0 Å². The van der Waals surface area contributed by atoms with Gasteiger partial charge in [-0.15, -0.1) is 0 Å². The molecule has 0 aliphatic carbocycles. The van der Waals surface area contributed by atoms with Crippen molar-refractivity contribution in [2.75, 3.05) is 44.9 Å². The third-order valence-corrected chi connectivity index (χ3v) is 8.60. The number of piperidine rings is 1. The second kappa shape index (κ2) is 11.9. The van der Waals surface area contributed by atoms with Gasteiger partial charge in [-0.3, -0.25) is 0 Å². The molecule has 0 spiro atoms. The minimum atomic E-state index is -3.68. The van der Waals surface area contributed by atoms with Crippen LogP contribution < -0.4 is 15.4 Å². The highest BCUT2D eigenvalue weighted by atomic mass is 35.5. The summed E-state index contributed by atoms with van der Waals surface area (Å²) in [6, 6.07) is 12.8. The Kier molecular flexibility index (Phi) is 8.77. The standard InChI is InChI=1S/C27H35ClN6O3S/c1-18(2)37-24-16-20(19-12-14-34(5)15-13-19)10-11-22(24)31-27-29-17-21(28)26(32-27)30-23-8-6-7-9-25(23)38(35,36)33(3)4/h6-11,16-19H,12-15H2,1-5H3,(H2,29,30,31,32). The predicted octanol–water partition coefficient (Wildman–Crippen LogP) is 5.46. The van der Waals surface area contributed by atoms with Crippen LogP contribution in [0.25, 0.3) is 0 Å². The molecule has 3 aromatic rings. The molecule has 2 heterocycles. The lowest BCUT2D eigenvalue weighted by atomic mass is 9.89. The second-order valence-corrected chi connectivity index (χ2v) is 12.5. The number of halogens is 1. The largest absolute Gasteiger partial charge is 0.489 e. The number of ether oxygens (including phenoxy) is 1. The fourth-order valence-corrected chi connectivity index (χ4v) is 5.52. The summed E-state index contributed by atoms with van der Waals surface area (Å²) in [5.41, 5.74) is 2.36. The zero-order valence-corrected chi connectivity index (χ0v) is 24.0. The van der Waals surface area contributed by atoms with Crippen LogP contribution in [0.1, 0.15) is 38.2 Å². The first-order valence-electron chi connectivity index (χ1n) is 12.6.